The molecule has 0 spiro atoms. The van der Waals surface area contributed by atoms with Gasteiger partial charge in [0.15, 0.2) is 0 Å². The van der Waals surface area contributed by atoms with Crippen molar-refractivity contribution in [2.24, 2.45) is 0 Å². The molecule has 2 aromatic carbocycles. The second kappa shape index (κ2) is 10.2. The van der Waals surface area contributed by atoms with Gasteiger partial charge in [-0.15, -0.1) is 0 Å². The van der Waals surface area contributed by atoms with Gasteiger partial charge in [-0.3, -0.25) is 0 Å². The molecule has 0 radical (unpaired) electrons. The second-order valence-electron chi connectivity index (χ2n) is 6.55. The van der Waals surface area contributed by atoms with Crippen molar-refractivity contribution in [3.8, 4) is 0 Å². The first kappa shape index (κ1) is 18.7. The zero-order valence-corrected chi connectivity index (χ0v) is 14.7. The number of aliphatic hydroxyl groups excluding tert-OH is 1. The number of nitrogens with one attached hydrogen (secondary N) is 1. The molecule has 0 aliphatic carbocycles. The molecule has 1 atom stereocenters. The summed E-state index contributed by atoms with van der Waals surface area (Å²) in [6.45, 7) is 5.05. The van der Waals surface area contributed by atoms with Crippen molar-refractivity contribution in [2.75, 3.05) is 13.2 Å². The van der Waals surface area contributed by atoms with Gasteiger partial charge < -0.3 is 15.2 Å². The molecule has 2 N–H and O–H groups in total. The van der Waals surface area contributed by atoms with Crippen LogP contribution in [0.2, 0.25) is 0 Å². The first-order chi connectivity index (χ1) is 11.6. The highest BCUT2D eigenvalue weighted by Gasteiger charge is 2.14. The lowest BCUT2D eigenvalue weighted by molar-refractivity contribution is -0.00861. The lowest BCUT2D eigenvalue weighted by Crippen LogP contribution is -2.36. The molecule has 1 unspecified atom stereocenters. The summed E-state index contributed by atoms with van der Waals surface area (Å²) < 4.78 is 6.05. The normalized spacial score (nSPS) is 12.7. The van der Waals surface area contributed by atoms with E-state index in [4.69, 9.17) is 4.74 Å². The Morgan fingerprint density at radius 3 is 1.83 bits per heavy atom. The van der Waals surface area contributed by atoms with Gasteiger partial charge in [-0.2, -0.15) is 0 Å². The second-order valence-corrected chi connectivity index (χ2v) is 6.55. The van der Waals surface area contributed by atoms with E-state index in [1.165, 1.54) is 11.1 Å². The van der Waals surface area contributed by atoms with Crippen LogP contribution in [0.1, 0.15) is 25.0 Å². The molecule has 0 amide bonds. The van der Waals surface area contributed by atoms with Crippen LogP contribution in [-0.2, 0) is 17.6 Å². The highest BCUT2D eigenvalue weighted by molar-refractivity contribution is 5.19. The third-order valence-corrected chi connectivity index (χ3v) is 3.90. The standard InChI is InChI=1S/C21H29NO2/c1-17(2)22-15-20(23)16-24-21(13-18-9-5-3-6-10-18)14-19-11-7-4-8-12-19/h3-12,17,20-23H,13-16H2,1-2H3. The molecule has 0 aliphatic rings. The number of rotatable bonds is 10. The van der Waals surface area contributed by atoms with E-state index in [1.807, 2.05) is 12.1 Å². The largest absolute Gasteiger partial charge is 0.389 e. The van der Waals surface area contributed by atoms with Crippen molar-refractivity contribution < 1.29 is 9.84 Å². The van der Waals surface area contributed by atoms with Gasteiger partial charge in [0, 0.05) is 12.6 Å². The summed E-state index contributed by atoms with van der Waals surface area (Å²) in [6, 6.07) is 21.1. The predicted octanol–water partition coefficient (Wildman–Crippen LogP) is 3.22. The molecule has 0 fully saturated rings. The molecule has 0 aliphatic heterocycles. The summed E-state index contributed by atoms with van der Waals surface area (Å²) in [4.78, 5) is 0. The molecule has 0 bridgehead atoms. The Balaban J connectivity index is 1.92. The average Bonchev–Trinajstić information content (AvgIpc) is 2.59. The minimum Gasteiger partial charge on any atom is -0.389 e. The fourth-order valence-electron chi connectivity index (χ4n) is 2.62. The fraction of sp³-hybridized carbons (Fsp3) is 0.429. The van der Waals surface area contributed by atoms with Crippen molar-refractivity contribution in [1.29, 1.82) is 0 Å². The number of benzene rings is 2. The van der Waals surface area contributed by atoms with E-state index in [0.717, 1.165) is 12.8 Å². The maximum atomic E-state index is 10.1. The molecule has 24 heavy (non-hydrogen) atoms. The third-order valence-electron chi connectivity index (χ3n) is 3.90. The number of ether oxygens (including phenoxy) is 1. The summed E-state index contributed by atoms with van der Waals surface area (Å²) in [5.41, 5.74) is 2.52. The molecule has 0 aromatic heterocycles. The van der Waals surface area contributed by atoms with Gasteiger partial charge in [-0.05, 0) is 24.0 Å². The monoisotopic (exact) mass is 327 g/mol. The van der Waals surface area contributed by atoms with Crippen LogP contribution in [0, 0.1) is 0 Å². The average molecular weight is 327 g/mol. The molecule has 3 nitrogen and oxygen atoms in total. The van der Waals surface area contributed by atoms with Crippen LogP contribution in [0.25, 0.3) is 0 Å². The maximum absolute atomic E-state index is 10.1. The predicted molar refractivity (Wildman–Crippen MR) is 99.2 cm³/mol. The number of hydrogen-bond acceptors (Lipinski definition) is 3. The van der Waals surface area contributed by atoms with Crippen molar-refractivity contribution >= 4 is 0 Å². The lowest BCUT2D eigenvalue weighted by atomic mass is 10.0. The van der Waals surface area contributed by atoms with Crippen LogP contribution < -0.4 is 5.32 Å². The van der Waals surface area contributed by atoms with E-state index in [9.17, 15) is 5.11 Å². The summed E-state index contributed by atoms with van der Waals surface area (Å²) in [5, 5.41) is 13.3. The Bertz CT molecular complexity index is 515. The van der Waals surface area contributed by atoms with Gasteiger partial charge in [0.1, 0.15) is 0 Å². The molecular formula is C21H29NO2. The Hall–Kier alpha value is -1.68. The van der Waals surface area contributed by atoms with Crippen molar-refractivity contribution in [3.05, 3.63) is 71.8 Å². The van der Waals surface area contributed by atoms with Crippen LogP contribution in [0.3, 0.4) is 0 Å². The van der Waals surface area contributed by atoms with E-state index in [0.29, 0.717) is 19.2 Å². The quantitative estimate of drug-likeness (QED) is 0.704. The van der Waals surface area contributed by atoms with Crippen LogP contribution in [0.5, 0.6) is 0 Å². The zero-order chi connectivity index (χ0) is 17.2. The molecule has 3 heteroatoms. The van der Waals surface area contributed by atoms with E-state index >= 15 is 0 Å². The molecule has 2 aromatic rings. The summed E-state index contributed by atoms with van der Waals surface area (Å²) in [7, 11) is 0. The summed E-state index contributed by atoms with van der Waals surface area (Å²) >= 11 is 0. The molecular weight excluding hydrogens is 298 g/mol. The third kappa shape index (κ3) is 7.26. The first-order valence-corrected chi connectivity index (χ1v) is 8.74. The van der Waals surface area contributed by atoms with Crippen LogP contribution >= 0.6 is 0 Å². The van der Waals surface area contributed by atoms with Crippen LogP contribution in [-0.4, -0.2) is 36.5 Å². The SMILES string of the molecule is CC(C)NCC(O)COC(Cc1ccccc1)Cc1ccccc1. The van der Waals surface area contributed by atoms with Gasteiger partial charge in [-0.25, -0.2) is 0 Å². The zero-order valence-electron chi connectivity index (χ0n) is 14.7. The minimum atomic E-state index is -0.485. The first-order valence-electron chi connectivity index (χ1n) is 8.74. The van der Waals surface area contributed by atoms with Gasteiger partial charge in [-0.1, -0.05) is 74.5 Å². The Labute approximate surface area is 145 Å². The van der Waals surface area contributed by atoms with Gasteiger partial charge in [0.05, 0.1) is 18.8 Å². The van der Waals surface area contributed by atoms with E-state index in [-0.39, 0.29) is 6.10 Å². The highest BCUT2D eigenvalue weighted by Crippen LogP contribution is 2.12. The van der Waals surface area contributed by atoms with Gasteiger partial charge >= 0.3 is 0 Å². The summed E-state index contributed by atoms with van der Waals surface area (Å²) in [6.07, 6.45) is 1.27. The van der Waals surface area contributed by atoms with Crippen molar-refractivity contribution in [1.82, 2.24) is 5.32 Å². The van der Waals surface area contributed by atoms with Gasteiger partial charge in [0.2, 0.25) is 0 Å². The maximum Gasteiger partial charge on any atom is 0.0897 e. The van der Waals surface area contributed by atoms with Crippen LogP contribution in [0.4, 0.5) is 0 Å². The molecule has 0 saturated heterocycles. The Kier molecular flexibility index (Phi) is 7.96. The highest BCUT2D eigenvalue weighted by atomic mass is 16.5. The van der Waals surface area contributed by atoms with Gasteiger partial charge in [0.25, 0.3) is 0 Å². The number of aliphatic hydroxyl groups is 1. The van der Waals surface area contributed by atoms with E-state index < -0.39 is 6.10 Å². The smallest absolute Gasteiger partial charge is 0.0897 e. The molecule has 130 valence electrons. The number of hydrogen-bond donors (Lipinski definition) is 2. The molecule has 0 heterocycles. The topological polar surface area (TPSA) is 41.5 Å². The van der Waals surface area contributed by atoms with E-state index in [2.05, 4.69) is 67.7 Å². The van der Waals surface area contributed by atoms with Crippen LogP contribution in [0.15, 0.2) is 60.7 Å². The lowest BCUT2D eigenvalue weighted by Gasteiger charge is -2.21. The molecule has 2 rings (SSSR count). The molecule has 0 saturated carbocycles. The van der Waals surface area contributed by atoms with Crippen molar-refractivity contribution in [3.63, 3.8) is 0 Å². The summed E-state index contributed by atoms with van der Waals surface area (Å²) in [5.74, 6) is 0. The fourth-order valence-corrected chi connectivity index (χ4v) is 2.62. The van der Waals surface area contributed by atoms with Crippen molar-refractivity contribution in [2.45, 2.75) is 44.9 Å². The minimum absolute atomic E-state index is 0.0588. The Morgan fingerprint density at radius 2 is 1.38 bits per heavy atom. The Morgan fingerprint density at radius 1 is 0.875 bits per heavy atom. The van der Waals surface area contributed by atoms with E-state index in [1.54, 1.807) is 0 Å².